The molecular formula is C19H21BrN6O. The summed E-state index contributed by atoms with van der Waals surface area (Å²) in [6.45, 7) is 3.92. The molecule has 0 saturated heterocycles. The normalized spacial score (nSPS) is 16.1. The number of hydrogen-bond donors (Lipinski definition) is 2. The Morgan fingerprint density at radius 2 is 2.22 bits per heavy atom. The molecule has 140 valence electrons. The third-order valence-electron chi connectivity index (χ3n) is 4.72. The zero-order valence-electron chi connectivity index (χ0n) is 15.1. The molecule has 0 saturated carbocycles. The van der Waals surface area contributed by atoms with Crippen LogP contribution < -0.4 is 11.1 Å². The van der Waals surface area contributed by atoms with Crippen LogP contribution in [0.15, 0.2) is 28.9 Å². The molecule has 0 aliphatic heterocycles. The van der Waals surface area contributed by atoms with Crippen LogP contribution in [0.4, 0.5) is 5.95 Å². The molecule has 1 aliphatic carbocycles. The lowest BCUT2D eigenvalue weighted by Crippen LogP contribution is -2.17. The molecule has 2 heterocycles. The molecule has 1 atom stereocenters. The molecule has 1 aromatic carbocycles. The van der Waals surface area contributed by atoms with Gasteiger partial charge in [0.05, 0.1) is 17.0 Å². The fourth-order valence-corrected chi connectivity index (χ4v) is 3.94. The first-order valence-corrected chi connectivity index (χ1v) is 9.90. The van der Waals surface area contributed by atoms with Crippen molar-refractivity contribution in [1.82, 2.24) is 19.7 Å². The highest BCUT2D eigenvalue weighted by atomic mass is 79.9. The van der Waals surface area contributed by atoms with Crippen molar-refractivity contribution >= 4 is 38.7 Å². The van der Waals surface area contributed by atoms with E-state index in [9.17, 15) is 4.79 Å². The molecule has 0 fully saturated rings. The molecule has 3 aromatic rings. The third-order valence-corrected chi connectivity index (χ3v) is 5.21. The first kappa shape index (κ1) is 18.1. The highest BCUT2D eigenvalue weighted by Crippen LogP contribution is 2.39. The van der Waals surface area contributed by atoms with Crippen LogP contribution >= 0.6 is 15.9 Å². The zero-order chi connectivity index (χ0) is 19.0. The van der Waals surface area contributed by atoms with E-state index in [0.29, 0.717) is 36.8 Å². The van der Waals surface area contributed by atoms with Gasteiger partial charge in [-0.2, -0.15) is 10.1 Å². The van der Waals surface area contributed by atoms with Gasteiger partial charge in [0.15, 0.2) is 11.4 Å². The first-order chi connectivity index (χ1) is 13.1. The number of anilines is 1. The SMILES string of the molecule is CCCn1cc2c(C3C(=O)Cc4ccc(Br)cc43)nc(NCCN)nc2n1. The number of aromatic nitrogens is 4. The highest BCUT2D eigenvalue weighted by molar-refractivity contribution is 9.10. The lowest BCUT2D eigenvalue weighted by molar-refractivity contribution is -0.118. The lowest BCUT2D eigenvalue weighted by Gasteiger charge is -2.13. The smallest absolute Gasteiger partial charge is 0.225 e. The van der Waals surface area contributed by atoms with Crippen LogP contribution in [0.5, 0.6) is 0 Å². The average Bonchev–Trinajstić information content (AvgIpc) is 3.19. The van der Waals surface area contributed by atoms with Crippen LogP contribution in [-0.2, 0) is 17.8 Å². The Morgan fingerprint density at radius 3 is 3.00 bits per heavy atom. The highest BCUT2D eigenvalue weighted by Gasteiger charge is 2.35. The molecule has 1 aliphatic rings. The van der Waals surface area contributed by atoms with Crippen molar-refractivity contribution in [1.29, 1.82) is 0 Å². The van der Waals surface area contributed by atoms with Gasteiger partial charge in [0.25, 0.3) is 0 Å². The van der Waals surface area contributed by atoms with E-state index in [-0.39, 0.29) is 5.78 Å². The second-order valence-electron chi connectivity index (χ2n) is 6.70. The van der Waals surface area contributed by atoms with Crippen LogP contribution in [0.1, 0.15) is 36.1 Å². The van der Waals surface area contributed by atoms with Gasteiger partial charge in [-0.15, -0.1) is 0 Å². The van der Waals surface area contributed by atoms with Gasteiger partial charge in [0, 0.05) is 36.7 Å². The van der Waals surface area contributed by atoms with E-state index in [0.717, 1.165) is 34.0 Å². The van der Waals surface area contributed by atoms with Gasteiger partial charge in [0.1, 0.15) is 0 Å². The number of carbonyl (C=O) groups excluding carboxylic acids is 1. The number of benzene rings is 1. The molecule has 0 bridgehead atoms. The van der Waals surface area contributed by atoms with Crippen LogP contribution in [0.3, 0.4) is 0 Å². The summed E-state index contributed by atoms with van der Waals surface area (Å²) in [6.07, 6.45) is 3.34. The van der Waals surface area contributed by atoms with E-state index >= 15 is 0 Å². The van der Waals surface area contributed by atoms with E-state index in [1.165, 1.54) is 0 Å². The van der Waals surface area contributed by atoms with Gasteiger partial charge in [-0.05, 0) is 29.7 Å². The van der Waals surface area contributed by atoms with E-state index in [4.69, 9.17) is 10.7 Å². The number of nitrogens with zero attached hydrogens (tertiary/aromatic N) is 4. The van der Waals surface area contributed by atoms with E-state index < -0.39 is 5.92 Å². The molecular weight excluding hydrogens is 408 g/mol. The maximum Gasteiger partial charge on any atom is 0.225 e. The third kappa shape index (κ3) is 3.35. The Morgan fingerprint density at radius 1 is 1.37 bits per heavy atom. The number of halogens is 1. The number of hydrogen-bond acceptors (Lipinski definition) is 6. The van der Waals surface area contributed by atoms with Crippen LogP contribution in [0.2, 0.25) is 0 Å². The number of nitrogens with one attached hydrogen (secondary N) is 1. The quantitative estimate of drug-likeness (QED) is 0.625. The van der Waals surface area contributed by atoms with Gasteiger partial charge in [0.2, 0.25) is 5.95 Å². The largest absolute Gasteiger partial charge is 0.353 e. The maximum atomic E-state index is 12.9. The Bertz CT molecular complexity index is 1010. The van der Waals surface area contributed by atoms with Crippen molar-refractivity contribution < 1.29 is 4.79 Å². The van der Waals surface area contributed by atoms with Crippen LogP contribution in [0, 0.1) is 0 Å². The predicted molar refractivity (Wildman–Crippen MR) is 108 cm³/mol. The van der Waals surface area contributed by atoms with Crippen molar-refractivity contribution in [2.75, 3.05) is 18.4 Å². The molecule has 8 heteroatoms. The van der Waals surface area contributed by atoms with Gasteiger partial charge in [-0.25, -0.2) is 4.98 Å². The van der Waals surface area contributed by atoms with Crippen LogP contribution in [0.25, 0.3) is 11.0 Å². The van der Waals surface area contributed by atoms with Gasteiger partial charge < -0.3 is 11.1 Å². The summed E-state index contributed by atoms with van der Waals surface area (Å²) < 4.78 is 2.82. The standard InChI is InChI=1S/C19H21BrN6O/c1-2-7-26-10-14-17(23-19(22-6-5-21)24-18(14)25-26)16-13-9-12(20)4-3-11(13)8-15(16)27/h3-4,9-10,16H,2,5-8,21H2,1H3,(H,22,24,25). The van der Waals surface area contributed by atoms with Crippen molar-refractivity contribution in [3.05, 3.63) is 45.7 Å². The number of aryl methyl sites for hydroxylation is 1. The maximum absolute atomic E-state index is 12.9. The minimum absolute atomic E-state index is 0.149. The van der Waals surface area contributed by atoms with Gasteiger partial charge in [-0.3, -0.25) is 9.48 Å². The second-order valence-corrected chi connectivity index (χ2v) is 7.61. The minimum atomic E-state index is -0.402. The number of Topliss-reactive ketones (excluding diaryl/α,β-unsaturated/α-hetero) is 1. The monoisotopic (exact) mass is 428 g/mol. The second kappa shape index (κ2) is 7.36. The molecule has 0 spiro atoms. The van der Waals surface area contributed by atoms with Gasteiger partial charge >= 0.3 is 0 Å². The van der Waals surface area contributed by atoms with Crippen molar-refractivity contribution in [3.63, 3.8) is 0 Å². The molecule has 3 N–H and O–H groups in total. The number of fused-ring (bicyclic) bond motifs is 2. The Balaban J connectivity index is 1.89. The molecule has 0 amide bonds. The first-order valence-electron chi connectivity index (χ1n) is 9.10. The Labute approximate surface area is 165 Å². The number of carbonyl (C=O) groups is 1. The zero-order valence-corrected chi connectivity index (χ0v) is 16.7. The molecule has 2 aromatic heterocycles. The Hall–Kier alpha value is -2.32. The number of rotatable bonds is 6. The van der Waals surface area contributed by atoms with E-state index in [1.807, 2.05) is 29.1 Å². The fourth-order valence-electron chi connectivity index (χ4n) is 3.56. The lowest BCUT2D eigenvalue weighted by atomic mass is 9.95. The van der Waals surface area contributed by atoms with Crippen molar-refractivity contribution in [2.24, 2.45) is 5.73 Å². The number of ketones is 1. The fraction of sp³-hybridized carbons (Fsp3) is 0.368. The summed E-state index contributed by atoms with van der Waals surface area (Å²) in [7, 11) is 0. The van der Waals surface area contributed by atoms with Crippen molar-refractivity contribution in [3.8, 4) is 0 Å². The van der Waals surface area contributed by atoms with Gasteiger partial charge in [-0.1, -0.05) is 28.9 Å². The summed E-state index contributed by atoms with van der Waals surface area (Å²) in [5, 5.41) is 8.53. The molecule has 27 heavy (non-hydrogen) atoms. The summed E-state index contributed by atoms with van der Waals surface area (Å²) in [4.78, 5) is 22.1. The average molecular weight is 429 g/mol. The molecule has 4 rings (SSSR count). The topological polar surface area (TPSA) is 98.7 Å². The summed E-state index contributed by atoms with van der Waals surface area (Å²) in [5.74, 6) is 0.206. The van der Waals surface area contributed by atoms with Crippen molar-refractivity contribution in [2.45, 2.75) is 32.2 Å². The Kier molecular flexibility index (Phi) is 4.92. The van der Waals surface area contributed by atoms with E-state index in [1.54, 1.807) is 0 Å². The summed E-state index contributed by atoms with van der Waals surface area (Å²) in [5.41, 5.74) is 8.97. The molecule has 1 unspecified atom stereocenters. The molecule has 0 radical (unpaired) electrons. The summed E-state index contributed by atoms with van der Waals surface area (Å²) >= 11 is 3.52. The minimum Gasteiger partial charge on any atom is -0.353 e. The molecule has 7 nitrogen and oxygen atoms in total. The van der Waals surface area contributed by atoms with Crippen LogP contribution in [-0.4, -0.2) is 38.6 Å². The van der Waals surface area contributed by atoms with E-state index in [2.05, 4.69) is 38.3 Å². The number of nitrogens with two attached hydrogens (primary N) is 1. The predicted octanol–water partition coefficient (Wildman–Crippen LogP) is 2.63. The summed E-state index contributed by atoms with van der Waals surface area (Å²) in [6, 6.07) is 5.99.